The van der Waals surface area contributed by atoms with Crippen LogP contribution in [0.1, 0.15) is 24.1 Å². The highest BCUT2D eigenvalue weighted by atomic mass is 19.1. The van der Waals surface area contributed by atoms with Crippen molar-refractivity contribution in [2.45, 2.75) is 24.4 Å². The monoisotopic (exact) mass is 395 g/mol. The predicted octanol–water partition coefficient (Wildman–Crippen LogP) is 4.17. The van der Waals surface area contributed by atoms with Crippen LogP contribution in [-0.4, -0.2) is 27.9 Å². The molecule has 146 valence electrons. The van der Waals surface area contributed by atoms with Gasteiger partial charge in [0.2, 0.25) is 0 Å². The molecule has 1 fully saturated rings. The van der Waals surface area contributed by atoms with Crippen LogP contribution >= 0.6 is 0 Å². The minimum Gasteiger partial charge on any atom is -0.368 e. The van der Waals surface area contributed by atoms with Crippen LogP contribution in [0, 0.1) is 23.0 Å². The molecule has 5 nitrogen and oxygen atoms in total. The SMILES string of the molecule is N#Cc1ccc(F)c(-c2ccc(NCC3(c4ncccc4F)CC(F)C3)nn2)c1. The van der Waals surface area contributed by atoms with Crippen molar-refractivity contribution in [1.29, 1.82) is 5.26 Å². The van der Waals surface area contributed by atoms with Crippen LogP contribution in [0.15, 0.2) is 48.7 Å². The summed E-state index contributed by atoms with van der Waals surface area (Å²) in [5, 5.41) is 20.1. The summed E-state index contributed by atoms with van der Waals surface area (Å²) in [5.74, 6) is -0.578. The first-order chi connectivity index (χ1) is 14.0. The molecule has 0 amide bonds. The van der Waals surface area contributed by atoms with Gasteiger partial charge in [0, 0.05) is 23.7 Å². The fourth-order valence-corrected chi connectivity index (χ4v) is 3.61. The van der Waals surface area contributed by atoms with E-state index in [4.69, 9.17) is 5.26 Å². The highest BCUT2D eigenvalue weighted by molar-refractivity contribution is 5.62. The lowest BCUT2D eigenvalue weighted by Crippen LogP contribution is -2.49. The fraction of sp³-hybridized carbons (Fsp3) is 0.238. The van der Waals surface area contributed by atoms with E-state index in [2.05, 4.69) is 20.5 Å². The van der Waals surface area contributed by atoms with Gasteiger partial charge < -0.3 is 5.32 Å². The van der Waals surface area contributed by atoms with Crippen molar-refractivity contribution in [3.05, 3.63) is 71.6 Å². The summed E-state index contributed by atoms with van der Waals surface area (Å²) in [4.78, 5) is 4.11. The topological polar surface area (TPSA) is 74.5 Å². The van der Waals surface area contributed by atoms with Gasteiger partial charge in [-0.05, 0) is 55.3 Å². The van der Waals surface area contributed by atoms with E-state index in [-0.39, 0.29) is 36.3 Å². The zero-order valence-electron chi connectivity index (χ0n) is 15.2. The van der Waals surface area contributed by atoms with E-state index in [0.29, 0.717) is 11.4 Å². The normalized spacial score (nSPS) is 20.6. The minimum atomic E-state index is -0.998. The number of alkyl halides is 1. The average molecular weight is 395 g/mol. The highest BCUT2D eigenvalue weighted by Gasteiger charge is 2.48. The number of halogens is 3. The Bertz CT molecular complexity index is 1070. The van der Waals surface area contributed by atoms with Crippen molar-refractivity contribution in [3.8, 4) is 17.3 Å². The Labute approximate surface area is 165 Å². The van der Waals surface area contributed by atoms with Crippen LogP contribution in [0.3, 0.4) is 0 Å². The lowest BCUT2D eigenvalue weighted by Gasteiger charge is -2.44. The summed E-state index contributed by atoms with van der Waals surface area (Å²) in [5.41, 5.74) is 0.257. The molecule has 4 rings (SSSR count). The predicted molar refractivity (Wildman–Crippen MR) is 101 cm³/mol. The maximum Gasteiger partial charge on any atom is 0.148 e. The molecule has 3 aromatic rings. The van der Waals surface area contributed by atoms with Gasteiger partial charge in [-0.3, -0.25) is 4.98 Å². The number of nitrogens with one attached hydrogen (secondary N) is 1. The molecule has 29 heavy (non-hydrogen) atoms. The van der Waals surface area contributed by atoms with Crippen LogP contribution in [-0.2, 0) is 5.41 Å². The first-order valence-corrected chi connectivity index (χ1v) is 9.03. The average Bonchev–Trinajstić information content (AvgIpc) is 2.72. The van der Waals surface area contributed by atoms with E-state index in [0.717, 1.165) is 0 Å². The number of benzene rings is 1. The number of hydrogen-bond donors (Lipinski definition) is 1. The molecule has 0 aliphatic heterocycles. The number of nitrogens with zero attached hydrogens (tertiary/aromatic N) is 4. The van der Waals surface area contributed by atoms with Crippen LogP contribution in [0.2, 0.25) is 0 Å². The summed E-state index contributed by atoms with van der Waals surface area (Å²) in [6.45, 7) is 0.244. The Morgan fingerprint density at radius 3 is 2.59 bits per heavy atom. The van der Waals surface area contributed by atoms with Crippen molar-refractivity contribution in [2.75, 3.05) is 11.9 Å². The molecule has 0 saturated heterocycles. The number of rotatable bonds is 5. The molecule has 2 aromatic heterocycles. The summed E-state index contributed by atoms with van der Waals surface area (Å²) in [6, 6.07) is 11.9. The maximum absolute atomic E-state index is 14.2. The van der Waals surface area contributed by atoms with Gasteiger partial charge in [-0.15, -0.1) is 10.2 Å². The van der Waals surface area contributed by atoms with Crippen LogP contribution in [0.5, 0.6) is 0 Å². The molecular formula is C21H16F3N5. The number of hydrogen-bond acceptors (Lipinski definition) is 5. The first-order valence-electron chi connectivity index (χ1n) is 9.03. The lowest BCUT2D eigenvalue weighted by atomic mass is 9.65. The number of aromatic nitrogens is 3. The van der Waals surface area contributed by atoms with E-state index in [1.54, 1.807) is 12.1 Å². The molecule has 0 radical (unpaired) electrons. The Balaban J connectivity index is 1.52. The Morgan fingerprint density at radius 2 is 1.93 bits per heavy atom. The number of anilines is 1. The summed E-state index contributed by atoms with van der Waals surface area (Å²) in [7, 11) is 0. The van der Waals surface area contributed by atoms with Gasteiger partial charge in [-0.1, -0.05) is 0 Å². The molecule has 0 unspecified atom stereocenters. The second-order valence-electron chi connectivity index (χ2n) is 7.08. The van der Waals surface area contributed by atoms with Gasteiger partial charge >= 0.3 is 0 Å². The zero-order valence-corrected chi connectivity index (χ0v) is 15.2. The smallest absolute Gasteiger partial charge is 0.148 e. The van der Waals surface area contributed by atoms with Crippen molar-refractivity contribution in [1.82, 2.24) is 15.2 Å². The summed E-state index contributed by atoms with van der Waals surface area (Å²) >= 11 is 0. The molecule has 0 bridgehead atoms. The largest absolute Gasteiger partial charge is 0.368 e. The first kappa shape index (κ1) is 18.9. The molecule has 1 aromatic carbocycles. The lowest BCUT2D eigenvalue weighted by molar-refractivity contribution is 0.0964. The van der Waals surface area contributed by atoms with Crippen LogP contribution in [0.4, 0.5) is 19.0 Å². The fourth-order valence-electron chi connectivity index (χ4n) is 3.61. The van der Waals surface area contributed by atoms with Gasteiger partial charge in [-0.2, -0.15) is 5.26 Å². The van der Waals surface area contributed by atoms with Gasteiger partial charge in [0.05, 0.1) is 23.0 Å². The molecule has 1 N–H and O–H groups in total. The van der Waals surface area contributed by atoms with E-state index in [1.807, 2.05) is 6.07 Å². The maximum atomic E-state index is 14.2. The van der Waals surface area contributed by atoms with Crippen molar-refractivity contribution in [2.24, 2.45) is 0 Å². The van der Waals surface area contributed by atoms with Crippen LogP contribution in [0.25, 0.3) is 11.3 Å². The number of pyridine rings is 1. The molecule has 8 heteroatoms. The van der Waals surface area contributed by atoms with Gasteiger partial charge in [0.15, 0.2) is 0 Å². The van der Waals surface area contributed by atoms with E-state index < -0.39 is 23.2 Å². The van der Waals surface area contributed by atoms with Crippen molar-refractivity contribution >= 4 is 5.82 Å². The molecular weight excluding hydrogens is 379 g/mol. The summed E-state index contributed by atoms with van der Waals surface area (Å²) in [6.07, 6.45) is 0.837. The summed E-state index contributed by atoms with van der Waals surface area (Å²) < 4.78 is 41.9. The molecule has 0 spiro atoms. The van der Waals surface area contributed by atoms with E-state index >= 15 is 0 Å². The molecule has 1 aliphatic carbocycles. The Hall–Kier alpha value is -3.47. The third-order valence-corrected chi connectivity index (χ3v) is 5.13. The Morgan fingerprint density at radius 1 is 1.10 bits per heavy atom. The van der Waals surface area contributed by atoms with E-state index in [9.17, 15) is 13.2 Å². The van der Waals surface area contributed by atoms with Crippen molar-refractivity contribution < 1.29 is 13.2 Å². The van der Waals surface area contributed by atoms with Crippen LogP contribution < -0.4 is 5.32 Å². The molecule has 1 saturated carbocycles. The molecule has 2 heterocycles. The van der Waals surface area contributed by atoms with Gasteiger partial charge in [0.25, 0.3) is 0 Å². The van der Waals surface area contributed by atoms with Gasteiger partial charge in [0.1, 0.15) is 23.6 Å². The third kappa shape index (κ3) is 3.63. The standard InChI is InChI=1S/C21H16F3N5/c22-14-9-21(10-14,20-17(24)2-1-7-26-20)12-27-19-6-5-18(28-29-19)15-8-13(11-25)3-4-16(15)23/h1-8,14H,9-10,12H2,(H,27,29). The van der Waals surface area contributed by atoms with E-state index in [1.165, 1.54) is 36.5 Å². The third-order valence-electron chi connectivity index (χ3n) is 5.13. The highest BCUT2D eigenvalue weighted by Crippen LogP contribution is 2.45. The second-order valence-corrected chi connectivity index (χ2v) is 7.08. The Kier molecular flexibility index (Phi) is 4.89. The number of nitriles is 1. The molecule has 1 aliphatic rings. The minimum absolute atomic E-state index is 0.172. The van der Waals surface area contributed by atoms with Gasteiger partial charge in [-0.25, -0.2) is 13.2 Å². The zero-order chi connectivity index (χ0) is 20.4. The second kappa shape index (κ2) is 7.51. The molecule has 0 atom stereocenters. The van der Waals surface area contributed by atoms with Crippen molar-refractivity contribution in [3.63, 3.8) is 0 Å². The quantitative estimate of drug-likeness (QED) is 0.702.